The van der Waals surface area contributed by atoms with Gasteiger partial charge in [0.1, 0.15) is 0 Å². The Morgan fingerprint density at radius 2 is 0.427 bits per heavy atom. The lowest BCUT2D eigenvalue weighted by Crippen LogP contribution is -2.10. The Morgan fingerprint density at radius 3 is 0.667 bits per heavy atom. The Hall–Kier alpha value is -7.29. The average molecular weight is 1340 g/mol. The van der Waals surface area contributed by atoms with Crippen molar-refractivity contribution in [2.24, 2.45) is 0 Å². The standard InChI is InChI=1S/C28H38F2O3.C27H36F2O3.C26H34F2O3/c1-3-5-7-9-10-12-14-22-15-17-23(18-16-22)28(31)33-25-20-19-24(26(29)27(25)30)32-21-13-11-8-6-4-2;1-3-5-7-9-11-13-21-14-16-22(17-15-21)27(30)32-24-19-18-23(25(28)26(24)29)31-20-12-10-8-6-4-2;1-3-5-7-9-11-19-30-22-17-18-23(25(28)24(22)27)31-26(29)21-15-13-20(14-16-21)12-10-8-6-4-2/h15-20H,3-14,21H2,1-2H3;14-19H,3-13,20H2,1-2H3;13-18H,3-12,19H2,1-2H3. The van der Waals surface area contributed by atoms with Crippen LogP contribution < -0.4 is 28.4 Å². The quantitative estimate of drug-likeness (QED) is 0.0160. The molecule has 6 rings (SSSR count). The zero-order chi connectivity index (χ0) is 69.6. The third-order valence-corrected chi connectivity index (χ3v) is 16.4. The molecule has 0 aliphatic rings. The summed E-state index contributed by atoms with van der Waals surface area (Å²) in [5.74, 6) is -11.0. The maximum absolute atomic E-state index is 14.4. The van der Waals surface area contributed by atoms with Crippen LogP contribution in [0.4, 0.5) is 26.3 Å². The normalized spacial score (nSPS) is 10.9. The molecule has 6 aromatic rings. The van der Waals surface area contributed by atoms with Gasteiger partial charge in [0.15, 0.2) is 34.5 Å². The van der Waals surface area contributed by atoms with Crippen molar-refractivity contribution >= 4 is 17.9 Å². The molecule has 15 heteroatoms. The fourth-order valence-corrected chi connectivity index (χ4v) is 10.5. The van der Waals surface area contributed by atoms with Gasteiger partial charge in [-0.2, -0.15) is 26.3 Å². The van der Waals surface area contributed by atoms with Gasteiger partial charge >= 0.3 is 17.9 Å². The molecule has 0 fully saturated rings. The molecule has 0 radical (unpaired) electrons. The van der Waals surface area contributed by atoms with Crippen molar-refractivity contribution in [1.29, 1.82) is 0 Å². The monoisotopic (exact) mass is 1340 g/mol. The lowest BCUT2D eigenvalue weighted by Gasteiger charge is -2.11. The SMILES string of the molecule is CCCCCCCCc1ccc(C(=O)Oc2ccc(OCCCCCCC)c(F)c2F)cc1.CCCCCCCOc1ccc(OC(=O)c2ccc(CCCCCC)cc2)c(F)c1F.CCCCCCCOc1ccc(OC(=O)c2ccc(CCCCCCC)cc2)c(F)c1F. The molecule has 0 amide bonds. The van der Waals surface area contributed by atoms with Crippen LogP contribution in [0.5, 0.6) is 34.5 Å². The van der Waals surface area contributed by atoms with Gasteiger partial charge in [-0.3, -0.25) is 0 Å². The molecule has 0 atom stereocenters. The minimum atomic E-state index is -1.22. The molecular weight excluding hydrogens is 1230 g/mol. The molecule has 96 heavy (non-hydrogen) atoms. The van der Waals surface area contributed by atoms with E-state index in [2.05, 4.69) is 41.5 Å². The fraction of sp³-hybridized carbons (Fsp3) is 0.519. The summed E-state index contributed by atoms with van der Waals surface area (Å²) in [6, 6.07) is 28.8. The van der Waals surface area contributed by atoms with Crippen molar-refractivity contribution in [3.05, 3.63) is 177 Å². The number of hydrogen-bond donors (Lipinski definition) is 0. The molecule has 0 saturated carbocycles. The van der Waals surface area contributed by atoms with Crippen molar-refractivity contribution in [3.63, 3.8) is 0 Å². The minimum absolute atomic E-state index is 0.165. The Kier molecular flexibility index (Phi) is 41.6. The number of rotatable bonds is 45. The Labute approximate surface area is 569 Å². The molecule has 0 spiro atoms. The molecule has 6 aromatic carbocycles. The minimum Gasteiger partial charge on any atom is -0.490 e. The van der Waals surface area contributed by atoms with Gasteiger partial charge in [-0.1, -0.05) is 232 Å². The van der Waals surface area contributed by atoms with Crippen molar-refractivity contribution in [1.82, 2.24) is 0 Å². The lowest BCUT2D eigenvalue weighted by molar-refractivity contribution is 0.0717. The van der Waals surface area contributed by atoms with Crippen LogP contribution in [-0.2, 0) is 19.3 Å². The number of unbranched alkanes of at least 4 members (excludes halogenated alkanes) is 24. The van der Waals surface area contributed by atoms with E-state index >= 15 is 0 Å². The van der Waals surface area contributed by atoms with E-state index in [1.807, 2.05) is 36.4 Å². The van der Waals surface area contributed by atoms with Crippen LogP contribution in [0, 0.1) is 34.9 Å². The smallest absolute Gasteiger partial charge is 0.343 e. The summed E-state index contributed by atoms with van der Waals surface area (Å²) in [6.07, 6.45) is 36.5. The molecule has 0 bridgehead atoms. The average Bonchev–Trinajstić information content (AvgIpc) is 0.891. The highest BCUT2D eigenvalue weighted by Crippen LogP contribution is 2.32. The third kappa shape index (κ3) is 31.3. The topological polar surface area (TPSA) is 107 Å². The predicted octanol–water partition coefficient (Wildman–Crippen LogP) is 24.1. The van der Waals surface area contributed by atoms with Gasteiger partial charge in [0.2, 0.25) is 34.9 Å². The van der Waals surface area contributed by atoms with Gasteiger partial charge in [-0.15, -0.1) is 0 Å². The highest BCUT2D eigenvalue weighted by Gasteiger charge is 2.22. The first-order valence-corrected chi connectivity index (χ1v) is 35.9. The summed E-state index contributed by atoms with van der Waals surface area (Å²) in [7, 11) is 0. The maximum Gasteiger partial charge on any atom is 0.343 e. The first-order valence-electron chi connectivity index (χ1n) is 35.9. The highest BCUT2D eigenvalue weighted by molar-refractivity contribution is 5.92. The number of aryl methyl sites for hydroxylation is 3. The summed E-state index contributed by atoms with van der Waals surface area (Å²) in [5, 5.41) is 0. The molecule has 0 unspecified atom stereocenters. The molecule has 0 N–H and O–H groups in total. The number of hydrogen-bond acceptors (Lipinski definition) is 9. The van der Waals surface area contributed by atoms with E-state index in [-0.39, 0.29) is 17.2 Å². The van der Waals surface area contributed by atoms with E-state index in [1.165, 1.54) is 113 Å². The van der Waals surface area contributed by atoms with Crippen molar-refractivity contribution in [2.45, 2.75) is 253 Å². The van der Waals surface area contributed by atoms with E-state index in [0.29, 0.717) is 36.5 Å². The number of ether oxygens (including phenoxy) is 6. The largest absolute Gasteiger partial charge is 0.490 e. The van der Waals surface area contributed by atoms with Crippen molar-refractivity contribution < 1.29 is 69.1 Å². The van der Waals surface area contributed by atoms with Gasteiger partial charge in [0, 0.05) is 0 Å². The Balaban J connectivity index is 0.000000306. The molecule has 528 valence electrons. The third-order valence-electron chi connectivity index (χ3n) is 16.4. The number of esters is 3. The van der Waals surface area contributed by atoms with Crippen molar-refractivity contribution in [3.8, 4) is 34.5 Å². The number of carbonyl (C=O) groups excluding carboxylic acids is 3. The van der Waals surface area contributed by atoms with Crippen LogP contribution >= 0.6 is 0 Å². The second-order valence-corrected chi connectivity index (χ2v) is 24.6. The fourth-order valence-electron chi connectivity index (χ4n) is 10.5. The summed E-state index contributed by atoms with van der Waals surface area (Å²) < 4.78 is 117. The second kappa shape index (κ2) is 49.3. The molecule has 0 saturated heterocycles. The Bertz CT molecular complexity index is 3120. The van der Waals surface area contributed by atoms with Gasteiger partial charge in [-0.05, 0) is 147 Å². The summed E-state index contributed by atoms with van der Waals surface area (Å²) in [6.45, 7) is 13.9. The van der Waals surface area contributed by atoms with Crippen LogP contribution in [0.1, 0.15) is 282 Å². The van der Waals surface area contributed by atoms with Crippen molar-refractivity contribution in [2.75, 3.05) is 19.8 Å². The molecular formula is C81H108F6O9. The van der Waals surface area contributed by atoms with Crippen LogP contribution in [0.3, 0.4) is 0 Å². The molecule has 0 aliphatic heterocycles. The molecule has 0 aliphatic carbocycles. The molecule has 0 aromatic heterocycles. The van der Waals surface area contributed by atoms with Gasteiger partial charge in [0.25, 0.3) is 0 Å². The van der Waals surface area contributed by atoms with Gasteiger partial charge < -0.3 is 28.4 Å². The zero-order valence-electron chi connectivity index (χ0n) is 58.3. The van der Waals surface area contributed by atoms with E-state index in [0.717, 1.165) is 152 Å². The molecule has 0 heterocycles. The second-order valence-electron chi connectivity index (χ2n) is 24.6. The zero-order valence-corrected chi connectivity index (χ0v) is 58.3. The van der Waals surface area contributed by atoms with Gasteiger partial charge in [0.05, 0.1) is 36.5 Å². The predicted molar refractivity (Wildman–Crippen MR) is 373 cm³/mol. The van der Waals surface area contributed by atoms with Crippen LogP contribution in [0.15, 0.2) is 109 Å². The van der Waals surface area contributed by atoms with Crippen LogP contribution in [0.2, 0.25) is 0 Å². The lowest BCUT2D eigenvalue weighted by atomic mass is 10.0. The summed E-state index contributed by atoms with van der Waals surface area (Å²) in [4.78, 5) is 37.1. The summed E-state index contributed by atoms with van der Waals surface area (Å²) in [5.41, 5.74) is 4.33. The first kappa shape index (κ1) is 81.1. The van der Waals surface area contributed by atoms with E-state index in [4.69, 9.17) is 28.4 Å². The van der Waals surface area contributed by atoms with Crippen LogP contribution in [0.25, 0.3) is 0 Å². The van der Waals surface area contributed by atoms with E-state index in [9.17, 15) is 40.7 Å². The highest BCUT2D eigenvalue weighted by atomic mass is 19.2. The van der Waals surface area contributed by atoms with Gasteiger partial charge in [-0.25, -0.2) is 14.4 Å². The first-order chi connectivity index (χ1) is 46.7. The number of halogens is 6. The van der Waals surface area contributed by atoms with E-state index in [1.54, 1.807) is 36.4 Å². The molecule has 9 nitrogen and oxygen atoms in total. The number of carbonyl (C=O) groups is 3. The number of benzene rings is 6. The Morgan fingerprint density at radius 1 is 0.240 bits per heavy atom. The maximum atomic E-state index is 14.4. The van der Waals surface area contributed by atoms with E-state index < -0.39 is 70.1 Å². The van der Waals surface area contributed by atoms with Crippen LogP contribution in [-0.4, -0.2) is 37.7 Å². The summed E-state index contributed by atoms with van der Waals surface area (Å²) >= 11 is 0.